The zero-order valence-corrected chi connectivity index (χ0v) is 12.6. The van der Waals surface area contributed by atoms with Crippen LogP contribution in [0.2, 0.25) is 0 Å². The minimum atomic E-state index is 0.385. The van der Waals surface area contributed by atoms with Crippen molar-refractivity contribution in [2.45, 2.75) is 33.2 Å². The van der Waals surface area contributed by atoms with Crippen LogP contribution in [0.4, 0.5) is 0 Å². The molecule has 0 radical (unpaired) electrons. The van der Waals surface area contributed by atoms with E-state index in [2.05, 4.69) is 31.1 Å². The average molecular weight is 272 g/mol. The largest absolute Gasteiger partial charge is 0.382 e. The van der Waals surface area contributed by atoms with E-state index in [9.17, 15) is 0 Å². The van der Waals surface area contributed by atoms with E-state index in [0.717, 1.165) is 23.7 Å². The molecule has 1 rings (SSSR count). The number of aryl methyl sites for hydroxylation is 1. The first kappa shape index (κ1) is 15.6. The van der Waals surface area contributed by atoms with Crippen molar-refractivity contribution in [3.05, 3.63) is 15.6 Å². The van der Waals surface area contributed by atoms with Crippen LogP contribution in [0, 0.1) is 6.92 Å². The number of hydrogen-bond donors (Lipinski definition) is 1. The molecular weight excluding hydrogens is 248 g/mol. The van der Waals surface area contributed by atoms with Crippen molar-refractivity contribution in [3.63, 3.8) is 0 Å². The van der Waals surface area contributed by atoms with Gasteiger partial charge in [0, 0.05) is 24.4 Å². The van der Waals surface area contributed by atoms with E-state index in [1.54, 1.807) is 18.4 Å². The SMILES string of the molecule is CCNC(C)c1sc(CCOCCOC)nc1C. The second kappa shape index (κ2) is 8.58. The Hall–Kier alpha value is -0.490. The topological polar surface area (TPSA) is 43.4 Å². The molecule has 5 heteroatoms. The Kier molecular flexibility index (Phi) is 7.42. The summed E-state index contributed by atoms with van der Waals surface area (Å²) < 4.78 is 10.4. The lowest BCUT2D eigenvalue weighted by Gasteiger charge is -2.09. The van der Waals surface area contributed by atoms with Crippen LogP contribution in [0.25, 0.3) is 0 Å². The van der Waals surface area contributed by atoms with Crippen LogP contribution < -0.4 is 5.32 Å². The van der Waals surface area contributed by atoms with E-state index in [0.29, 0.717) is 25.9 Å². The minimum absolute atomic E-state index is 0.385. The van der Waals surface area contributed by atoms with E-state index in [1.165, 1.54) is 4.88 Å². The van der Waals surface area contributed by atoms with Gasteiger partial charge in [0.15, 0.2) is 0 Å². The maximum absolute atomic E-state index is 5.46. The Balaban J connectivity index is 2.41. The number of nitrogens with zero attached hydrogens (tertiary/aromatic N) is 1. The molecule has 0 aliphatic carbocycles. The summed E-state index contributed by atoms with van der Waals surface area (Å²) in [6.07, 6.45) is 0.883. The predicted molar refractivity (Wildman–Crippen MR) is 75.3 cm³/mol. The standard InChI is InChI=1S/C13H24N2O2S/c1-5-14-10(2)13-11(3)15-12(18-13)6-7-17-9-8-16-4/h10,14H,5-9H2,1-4H3. The number of rotatable bonds is 9. The van der Waals surface area contributed by atoms with E-state index in [4.69, 9.17) is 9.47 Å². The Morgan fingerprint density at radius 1 is 1.33 bits per heavy atom. The van der Waals surface area contributed by atoms with Gasteiger partial charge in [-0.15, -0.1) is 11.3 Å². The monoisotopic (exact) mass is 272 g/mol. The fourth-order valence-corrected chi connectivity index (χ4v) is 2.85. The van der Waals surface area contributed by atoms with Crippen LogP contribution in [-0.2, 0) is 15.9 Å². The molecule has 0 bridgehead atoms. The van der Waals surface area contributed by atoms with Crippen LogP contribution in [0.3, 0.4) is 0 Å². The van der Waals surface area contributed by atoms with Crippen molar-refractivity contribution in [1.82, 2.24) is 10.3 Å². The first-order chi connectivity index (χ1) is 8.69. The number of ether oxygens (including phenoxy) is 2. The second-order valence-electron chi connectivity index (χ2n) is 4.19. The van der Waals surface area contributed by atoms with E-state index < -0.39 is 0 Å². The summed E-state index contributed by atoms with van der Waals surface area (Å²) >= 11 is 1.79. The van der Waals surface area contributed by atoms with Crippen molar-refractivity contribution in [2.24, 2.45) is 0 Å². The molecule has 1 aromatic rings. The molecule has 1 aromatic heterocycles. The molecule has 4 nitrogen and oxygen atoms in total. The smallest absolute Gasteiger partial charge is 0.0954 e. The number of thiazole rings is 1. The molecule has 1 N–H and O–H groups in total. The Bertz CT molecular complexity index is 342. The van der Waals surface area contributed by atoms with Crippen molar-refractivity contribution in [1.29, 1.82) is 0 Å². The van der Waals surface area contributed by atoms with Crippen LogP contribution in [0.15, 0.2) is 0 Å². The molecule has 18 heavy (non-hydrogen) atoms. The maximum Gasteiger partial charge on any atom is 0.0954 e. The first-order valence-corrected chi connectivity index (χ1v) is 7.27. The third-order valence-electron chi connectivity index (χ3n) is 2.67. The van der Waals surface area contributed by atoms with E-state index in [1.807, 2.05) is 0 Å². The average Bonchev–Trinajstić information content (AvgIpc) is 2.71. The number of methoxy groups -OCH3 is 1. The van der Waals surface area contributed by atoms with Gasteiger partial charge in [-0.25, -0.2) is 4.98 Å². The molecule has 0 aliphatic heterocycles. The maximum atomic E-state index is 5.46. The van der Waals surface area contributed by atoms with Crippen LogP contribution >= 0.6 is 11.3 Å². The fourth-order valence-electron chi connectivity index (χ4n) is 1.78. The summed E-state index contributed by atoms with van der Waals surface area (Å²) in [4.78, 5) is 5.94. The van der Waals surface area contributed by atoms with Gasteiger partial charge in [-0.2, -0.15) is 0 Å². The predicted octanol–water partition coefficient (Wildman–Crippen LogP) is 2.33. The lowest BCUT2D eigenvalue weighted by atomic mass is 10.2. The highest BCUT2D eigenvalue weighted by atomic mass is 32.1. The Labute approximate surface area is 114 Å². The molecule has 0 spiro atoms. The van der Waals surface area contributed by atoms with Crippen LogP contribution in [0.5, 0.6) is 0 Å². The highest BCUT2D eigenvalue weighted by Gasteiger charge is 2.13. The quantitative estimate of drug-likeness (QED) is 0.701. The zero-order valence-electron chi connectivity index (χ0n) is 11.8. The van der Waals surface area contributed by atoms with Gasteiger partial charge in [0.25, 0.3) is 0 Å². The third-order valence-corrected chi connectivity index (χ3v) is 4.07. The van der Waals surface area contributed by atoms with Crippen molar-refractivity contribution in [3.8, 4) is 0 Å². The molecule has 0 amide bonds. The van der Waals surface area contributed by atoms with Gasteiger partial charge in [-0.05, 0) is 20.4 Å². The molecule has 0 saturated carbocycles. The molecule has 1 unspecified atom stereocenters. The molecule has 1 heterocycles. The molecule has 104 valence electrons. The summed E-state index contributed by atoms with van der Waals surface area (Å²) in [6.45, 7) is 9.38. The normalized spacial score (nSPS) is 12.9. The molecule has 1 atom stereocenters. The van der Waals surface area contributed by atoms with E-state index in [-0.39, 0.29) is 0 Å². The van der Waals surface area contributed by atoms with Crippen LogP contribution in [-0.4, -0.2) is 38.5 Å². The third kappa shape index (κ3) is 5.02. The molecule has 0 aliphatic rings. The number of aromatic nitrogens is 1. The Morgan fingerprint density at radius 2 is 2.11 bits per heavy atom. The summed E-state index contributed by atoms with van der Waals surface area (Å²) in [5.41, 5.74) is 1.14. The van der Waals surface area contributed by atoms with E-state index >= 15 is 0 Å². The van der Waals surface area contributed by atoms with Gasteiger partial charge in [0.05, 0.1) is 30.5 Å². The molecular formula is C13H24N2O2S. The summed E-state index contributed by atoms with van der Waals surface area (Å²) in [7, 11) is 1.68. The lowest BCUT2D eigenvalue weighted by molar-refractivity contribution is 0.0722. The second-order valence-corrected chi connectivity index (χ2v) is 5.31. The number of nitrogens with one attached hydrogen (secondary N) is 1. The van der Waals surface area contributed by atoms with Crippen molar-refractivity contribution >= 4 is 11.3 Å². The lowest BCUT2D eigenvalue weighted by Crippen LogP contribution is -2.17. The van der Waals surface area contributed by atoms with Gasteiger partial charge in [-0.3, -0.25) is 0 Å². The molecule has 0 saturated heterocycles. The summed E-state index contributed by atoms with van der Waals surface area (Å²) in [5, 5.41) is 4.58. The van der Waals surface area contributed by atoms with Crippen molar-refractivity contribution < 1.29 is 9.47 Å². The Morgan fingerprint density at radius 3 is 2.78 bits per heavy atom. The van der Waals surface area contributed by atoms with Gasteiger partial charge in [0.2, 0.25) is 0 Å². The highest BCUT2D eigenvalue weighted by molar-refractivity contribution is 7.11. The summed E-state index contributed by atoms with van der Waals surface area (Å²) in [5.74, 6) is 0. The molecule has 0 aromatic carbocycles. The fraction of sp³-hybridized carbons (Fsp3) is 0.769. The number of hydrogen-bond acceptors (Lipinski definition) is 5. The van der Waals surface area contributed by atoms with Crippen LogP contribution in [0.1, 0.15) is 35.5 Å². The summed E-state index contributed by atoms with van der Waals surface area (Å²) in [6, 6.07) is 0.385. The molecule has 0 fully saturated rings. The van der Waals surface area contributed by atoms with Crippen molar-refractivity contribution in [2.75, 3.05) is 33.5 Å². The first-order valence-electron chi connectivity index (χ1n) is 6.45. The van der Waals surface area contributed by atoms with Gasteiger partial charge >= 0.3 is 0 Å². The minimum Gasteiger partial charge on any atom is -0.382 e. The van der Waals surface area contributed by atoms with Gasteiger partial charge < -0.3 is 14.8 Å². The highest BCUT2D eigenvalue weighted by Crippen LogP contribution is 2.25. The van der Waals surface area contributed by atoms with Gasteiger partial charge in [0.1, 0.15) is 0 Å². The van der Waals surface area contributed by atoms with Gasteiger partial charge in [-0.1, -0.05) is 6.92 Å². The zero-order chi connectivity index (χ0) is 13.4.